The molecule has 0 saturated carbocycles. The largest absolute Gasteiger partial charge is 0.356 e. The number of aromatic nitrogens is 4. The van der Waals surface area contributed by atoms with Gasteiger partial charge in [0.05, 0.1) is 17.2 Å². The van der Waals surface area contributed by atoms with Crippen molar-refractivity contribution in [2.75, 3.05) is 20.6 Å². The van der Waals surface area contributed by atoms with Crippen molar-refractivity contribution in [1.29, 1.82) is 0 Å². The minimum absolute atomic E-state index is 0.431. The van der Waals surface area contributed by atoms with E-state index in [0.717, 1.165) is 16.7 Å². The number of nitrogens with zero attached hydrogens (tertiary/aromatic N) is 6. The maximum atomic E-state index is 5.26. The summed E-state index contributed by atoms with van der Waals surface area (Å²) in [7, 11) is 3.75. The number of hydrogen-bond acceptors (Lipinski definition) is 7. The van der Waals surface area contributed by atoms with Crippen molar-refractivity contribution in [3.05, 3.63) is 46.3 Å². The monoisotopic (exact) mass is 371 g/mol. The molecule has 0 saturated heterocycles. The quantitative estimate of drug-likeness (QED) is 0.524. The van der Waals surface area contributed by atoms with Gasteiger partial charge in [0.2, 0.25) is 0 Å². The SMILES string of the molecule is CN=C(NCCc1noc(-c2ccccn2)n1)N(C)Cc1csc(C)n1. The maximum Gasteiger partial charge on any atom is 0.276 e. The zero-order valence-electron chi connectivity index (χ0n) is 15.0. The van der Waals surface area contributed by atoms with Gasteiger partial charge in [0, 0.05) is 38.6 Å². The molecule has 0 atom stereocenters. The fourth-order valence-corrected chi connectivity index (χ4v) is 3.02. The lowest BCUT2D eigenvalue weighted by atomic mass is 10.3. The van der Waals surface area contributed by atoms with Gasteiger partial charge in [-0.25, -0.2) is 4.98 Å². The second-order valence-electron chi connectivity index (χ2n) is 5.67. The summed E-state index contributed by atoms with van der Waals surface area (Å²) in [4.78, 5) is 19.4. The van der Waals surface area contributed by atoms with Crippen molar-refractivity contribution >= 4 is 17.3 Å². The van der Waals surface area contributed by atoms with Gasteiger partial charge in [-0.15, -0.1) is 11.3 Å². The minimum atomic E-state index is 0.431. The summed E-state index contributed by atoms with van der Waals surface area (Å²) in [5.74, 6) is 1.86. The van der Waals surface area contributed by atoms with Crippen LogP contribution >= 0.6 is 11.3 Å². The van der Waals surface area contributed by atoms with Crippen LogP contribution in [0.5, 0.6) is 0 Å². The predicted octanol–water partition coefficient (Wildman–Crippen LogP) is 2.15. The molecule has 3 heterocycles. The first-order valence-corrected chi connectivity index (χ1v) is 9.10. The molecule has 26 heavy (non-hydrogen) atoms. The third-order valence-electron chi connectivity index (χ3n) is 3.62. The summed E-state index contributed by atoms with van der Waals surface area (Å²) in [5.41, 5.74) is 1.71. The lowest BCUT2D eigenvalue weighted by molar-refractivity contribution is 0.420. The smallest absolute Gasteiger partial charge is 0.276 e. The predicted molar refractivity (Wildman–Crippen MR) is 101 cm³/mol. The Morgan fingerprint density at radius 1 is 1.35 bits per heavy atom. The van der Waals surface area contributed by atoms with E-state index in [9.17, 15) is 0 Å². The zero-order chi connectivity index (χ0) is 18.4. The molecule has 0 aliphatic rings. The molecule has 0 radical (unpaired) electrons. The first kappa shape index (κ1) is 18.0. The number of pyridine rings is 1. The van der Waals surface area contributed by atoms with Crippen LogP contribution in [-0.2, 0) is 13.0 Å². The molecule has 0 amide bonds. The average molecular weight is 371 g/mol. The van der Waals surface area contributed by atoms with Gasteiger partial charge in [0.15, 0.2) is 11.8 Å². The lowest BCUT2D eigenvalue weighted by Gasteiger charge is -2.20. The third-order valence-corrected chi connectivity index (χ3v) is 4.45. The molecular weight excluding hydrogens is 350 g/mol. The van der Waals surface area contributed by atoms with E-state index < -0.39 is 0 Å². The molecule has 8 nitrogen and oxygen atoms in total. The average Bonchev–Trinajstić information content (AvgIpc) is 3.28. The molecule has 9 heteroatoms. The van der Waals surface area contributed by atoms with E-state index in [1.807, 2.05) is 37.1 Å². The van der Waals surface area contributed by atoms with E-state index in [0.29, 0.717) is 36.9 Å². The van der Waals surface area contributed by atoms with Gasteiger partial charge in [0.1, 0.15) is 5.69 Å². The lowest BCUT2D eigenvalue weighted by Crippen LogP contribution is -2.39. The van der Waals surface area contributed by atoms with Gasteiger partial charge in [-0.3, -0.25) is 9.98 Å². The summed E-state index contributed by atoms with van der Waals surface area (Å²) in [5, 5.41) is 10.4. The molecule has 136 valence electrons. The molecule has 0 bridgehead atoms. The molecule has 0 aromatic carbocycles. The van der Waals surface area contributed by atoms with Crippen molar-refractivity contribution in [1.82, 2.24) is 30.3 Å². The fourth-order valence-electron chi connectivity index (χ4n) is 2.42. The zero-order valence-corrected chi connectivity index (χ0v) is 15.8. The molecule has 3 rings (SSSR count). The molecule has 0 unspecified atom stereocenters. The maximum absolute atomic E-state index is 5.26. The Hall–Kier alpha value is -2.81. The number of nitrogens with one attached hydrogen (secondary N) is 1. The van der Waals surface area contributed by atoms with Crippen molar-refractivity contribution in [2.45, 2.75) is 19.9 Å². The van der Waals surface area contributed by atoms with Crippen LogP contribution in [0.2, 0.25) is 0 Å². The first-order chi connectivity index (χ1) is 12.7. The molecular formula is C17H21N7OS. The summed E-state index contributed by atoms with van der Waals surface area (Å²) < 4.78 is 5.26. The highest BCUT2D eigenvalue weighted by atomic mass is 32.1. The van der Waals surface area contributed by atoms with Crippen LogP contribution in [0.1, 0.15) is 16.5 Å². The van der Waals surface area contributed by atoms with Gasteiger partial charge in [-0.05, 0) is 19.1 Å². The number of rotatable bonds is 6. The molecule has 0 aliphatic carbocycles. The van der Waals surface area contributed by atoms with Crippen LogP contribution in [0.4, 0.5) is 0 Å². The van der Waals surface area contributed by atoms with Crippen molar-refractivity contribution in [3.8, 4) is 11.6 Å². The van der Waals surface area contributed by atoms with E-state index in [2.05, 4.69) is 35.8 Å². The van der Waals surface area contributed by atoms with Gasteiger partial charge < -0.3 is 14.7 Å². The topological polar surface area (TPSA) is 92.3 Å². The number of guanidine groups is 1. The second kappa shape index (κ2) is 8.52. The number of hydrogen-bond donors (Lipinski definition) is 1. The van der Waals surface area contributed by atoms with Crippen LogP contribution in [0.25, 0.3) is 11.6 Å². The van der Waals surface area contributed by atoms with E-state index >= 15 is 0 Å². The Kier molecular flexibility index (Phi) is 5.90. The van der Waals surface area contributed by atoms with Gasteiger partial charge in [-0.1, -0.05) is 11.2 Å². The Balaban J connectivity index is 1.51. The normalized spacial score (nSPS) is 11.6. The minimum Gasteiger partial charge on any atom is -0.356 e. The van der Waals surface area contributed by atoms with Crippen molar-refractivity contribution < 1.29 is 4.52 Å². The van der Waals surface area contributed by atoms with Gasteiger partial charge >= 0.3 is 0 Å². The molecule has 0 fully saturated rings. The molecule has 0 aliphatic heterocycles. The molecule has 3 aromatic rings. The van der Waals surface area contributed by atoms with Crippen molar-refractivity contribution in [2.24, 2.45) is 4.99 Å². The van der Waals surface area contributed by atoms with Crippen LogP contribution in [0.15, 0.2) is 39.3 Å². The summed E-state index contributed by atoms with van der Waals surface area (Å²) >= 11 is 1.65. The summed E-state index contributed by atoms with van der Waals surface area (Å²) in [6, 6.07) is 5.57. The number of aliphatic imine (C=N–C) groups is 1. The molecule has 3 aromatic heterocycles. The van der Waals surface area contributed by atoms with E-state index in [4.69, 9.17) is 4.52 Å². The molecule has 0 spiro atoms. The summed E-state index contributed by atoms with van der Waals surface area (Å²) in [6.07, 6.45) is 2.32. The van der Waals surface area contributed by atoms with Crippen LogP contribution in [-0.4, -0.2) is 51.6 Å². The van der Waals surface area contributed by atoms with Crippen molar-refractivity contribution in [3.63, 3.8) is 0 Å². The van der Waals surface area contributed by atoms with E-state index in [-0.39, 0.29) is 0 Å². The number of aryl methyl sites for hydroxylation is 1. The standard InChI is InChI=1S/C17H21N7OS/c1-12-21-13(11-26-12)10-24(3)17(18-2)20-9-7-15-22-16(25-23-15)14-6-4-5-8-19-14/h4-6,8,11H,7,9-10H2,1-3H3,(H,18,20). The Labute approximate surface area is 156 Å². The van der Waals surface area contributed by atoms with Crippen LogP contribution < -0.4 is 5.32 Å². The Morgan fingerprint density at radius 2 is 2.23 bits per heavy atom. The number of thiazole rings is 1. The van der Waals surface area contributed by atoms with Crippen LogP contribution in [0, 0.1) is 6.92 Å². The fraction of sp³-hybridized carbons (Fsp3) is 0.353. The Morgan fingerprint density at radius 3 is 2.92 bits per heavy atom. The van der Waals surface area contributed by atoms with E-state index in [1.54, 1.807) is 24.6 Å². The Bertz CT molecular complexity index is 859. The van der Waals surface area contributed by atoms with Gasteiger partial charge in [-0.2, -0.15) is 4.98 Å². The van der Waals surface area contributed by atoms with Crippen LogP contribution in [0.3, 0.4) is 0 Å². The summed E-state index contributed by atoms with van der Waals surface area (Å²) in [6.45, 7) is 3.36. The highest BCUT2D eigenvalue weighted by Gasteiger charge is 2.11. The van der Waals surface area contributed by atoms with E-state index in [1.165, 1.54) is 0 Å². The third kappa shape index (κ3) is 4.63. The highest BCUT2D eigenvalue weighted by molar-refractivity contribution is 7.09. The molecule has 1 N–H and O–H groups in total. The highest BCUT2D eigenvalue weighted by Crippen LogP contribution is 2.13. The second-order valence-corrected chi connectivity index (χ2v) is 6.73. The van der Waals surface area contributed by atoms with Gasteiger partial charge in [0.25, 0.3) is 5.89 Å². The first-order valence-electron chi connectivity index (χ1n) is 8.22.